The highest BCUT2D eigenvalue weighted by Gasteiger charge is 2.48. The average Bonchev–Trinajstić information content (AvgIpc) is 3.19. The van der Waals surface area contributed by atoms with E-state index in [0.29, 0.717) is 6.42 Å². The van der Waals surface area contributed by atoms with Crippen molar-refractivity contribution >= 4 is 12.1 Å². The molecule has 1 amide bonds. The van der Waals surface area contributed by atoms with Crippen LogP contribution in [0.15, 0.2) is 48.5 Å². The number of aliphatic carboxylic acids is 1. The van der Waals surface area contributed by atoms with Crippen LogP contribution in [0.25, 0.3) is 11.1 Å². The molecule has 0 spiro atoms. The van der Waals surface area contributed by atoms with Crippen molar-refractivity contribution in [2.75, 3.05) is 6.61 Å². The summed E-state index contributed by atoms with van der Waals surface area (Å²) in [5, 5.41) is 9.50. The smallest absolute Gasteiger partial charge is 0.410 e. The van der Waals surface area contributed by atoms with Crippen LogP contribution in [0.1, 0.15) is 42.7 Å². The highest BCUT2D eigenvalue weighted by molar-refractivity contribution is 5.79. The van der Waals surface area contributed by atoms with Crippen molar-refractivity contribution in [3.63, 3.8) is 0 Å². The minimum atomic E-state index is -0.804. The number of nitrogens with zero attached hydrogens (tertiary/aromatic N) is 1. The number of benzene rings is 2. The van der Waals surface area contributed by atoms with Crippen LogP contribution < -0.4 is 0 Å². The fourth-order valence-electron chi connectivity index (χ4n) is 5.40. The molecule has 2 heterocycles. The van der Waals surface area contributed by atoms with E-state index in [0.717, 1.165) is 19.3 Å². The second-order valence-corrected chi connectivity index (χ2v) is 8.03. The maximum Gasteiger partial charge on any atom is 0.410 e. The van der Waals surface area contributed by atoms with Crippen LogP contribution in [0.4, 0.5) is 4.79 Å². The molecule has 0 radical (unpaired) electrons. The Bertz CT molecular complexity index is 894. The van der Waals surface area contributed by atoms with Gasteiger partial charge in [-0.05, 0) is 47.9 Å². The Morgan fingerprint density at radius 3 is 2.18 bits per heavy atom. The van der Waals surface area contributed by atoms with E-state index in [1.54, 1.807) is 4.90 Å². The molecule has 3 atom stereocenters. The van der Waals surface area contributed by atoms with E-state index in [2.05, 4.69) is 24.3 Å². The maximum atomic E-state index is 12.9. The molecular formula is C23H23NO4. The quantitative estimate of drug-likeness (QED) is 0.868. The summed E-state index contributed by atoms with van der Waals surface area (Å²) < 4.78 is 5.78. The maximum absolute atomic E-state index is 12.9. The standard InChI is InChI=1S/C23H23NO4/c25-22(26)19-11-9-14-10-12-21(19)24(14)23(27)28-13-20-17-7-3-1-5-15(17)16-6-2-4-8-18(16)20/h1-8,14,19-21H,9-13H2,(H,25,26)/t14-,19-,21-/m0/s1. The van der Waals surface area contributed by atoms with Gasteiger partial charge in [-0.1, -0.05) is 48.5 Å². The van der Waals surface area contributed by atoms with Gasteiger partial charge in [0.05, 0.1) is 5.92 Å². The predicted octanol–water partition coefficient (Wildman–Crippen LogP) is 4.26. The van der Waals surface area contributed by atoms with Gasteiger partial charge in [-0.15, -0.1) is 0 Å². The number of fused-ring (bicyclic) bond motifs is 5. The lowest BCUT2D eigenvalue weighted by Gasteiger charge is -2.37. The first-order valence-electron chi connectivity index (χ1n) is 10.0. The van der Waals surface area contributed by atoms with Crippen molar-refractivity contribution in [1.82, 2.24) is 4.90 Å². The van der Waals surface area contributed by atoms with E-state index in [-0.39, 0.29) is 30.7 Å². The van der Waals surface area contributed by atoms with Gasteiger partial charge >= 0.3 is 12.1 Å². The van der Waals surface area contributed by atoms with Crippen molar-refractivity contribution < 1.29 is 19.4 Å². The zero-order valence-corrected chi connectivity index (χ0v) is 15.6. The van der Waals surface area contributed by atoms with Gasteiger partial charge in [0, 0.05) is 18.0 Å². The summed E-state index contributed by atoms with van der Waals surface area (Å²) in [6.45, 7) is 0.278. The highest BCUT2D eigenvalue weighted by Crippen LogP contribution is 2.45. The molecule has 3 aliphatic rings. The van der Waals surface area contributed by atoms with Gasteiger partial charge in [0.1, 0.15) is 6.61 Å². The topological polar surface area (TPSA) is 66.8 Å². The Morgan fingerprint density at radius 2 is 1.54 bits per heavy atom. The predicted molar refractivity (Wildman–Crippen MR) is 104 cm³/mol. The molecule has 2 fully saturated rings. The summed E-state index contributed by atoms with van der Waals surface area (Å²) in [6.07, 6.45) is 2.67. The molecule has 0 aromatic heterocycles. The fourth-order valence-corrected chi connectivity index (χ4v) is 5.40. The number of carbonyl (C=O) groups is 2. The van der Waals surface area contributed by atoms with Crippen molar-refractivity contribution in [3.05, 3.63) is 59.7 Å². The molecule has 2 saturated heterocycles. The lowest BCUT2D eigenvalue weighted by Crippen LogP contribution is -2.50. The van der Waals surface area contributed by atoms with E-state index in [4.69, 9.17) is 4.74 Å². The molecule has 28 heavy (non-hydrogen) atoms. The number of hydrogen-bond donors (Lipinski definition) is 1. The molecule has 0 saturated carbocycles. The van der Waals surface area contributed by atoms with Gasteiger partial charge in [0.2, 0.25) is 0 Å². The first-order valence-corrected chi connectivity index (χ1v) is 10.0. The van der Waals surface area contributed by atoms with Gasteiger partial charge in [0.15, 0.2) is 0 Å². The molecule has 0 unspecified atom stereocenters. The summed E-state index contributed by atoms with van der Waals surface area (Å²) in [5.74, 6) is -1.25. The van der Waals surface area contributed by atoms with Crippen LogP contribution in [0.2, 0.25) is 0 Å². The van der Waals surface area contributed by atoms with Crippen LogP contribution >= 0.6 is 0 Å². The normalized spacial score (nSPS) is 25.3. The van der Waals surface area contributed by atoms with Crippen LogP contribution in [-0.4, -0.2) is 40.8 Å². The summed E-state index contributed by atoms with van der Waals surface area (Å²) >= 11 is 0. The van der Waals surface area contributed by atoms with Gasteiger partial charge in [0.25, 0.3) is 0 Å². The molecule has 5 heteroatoms. The van der Waals surface area contributed by atoms with Crippen LogP contribution in [0, 0.1) is 5.92 Å². The number of carbonyl (C=O) groups excluding carboxylic acids is 1. The average molecular weight is 377 g/mol. The molecule has 5 nitrogen and oxygen atoms in total. The monoisotopic (exact) mass is 377 g/mol. The Kier molecular flexibility index (Phi) is 4.11. The molecule has 2 aromatic rings. The van der Waals surface area contributed by atoms with Crippen LogP contribution in [0.3, 0.4) is 0 Å². The van der Waals surface area contributed by atoms with Crippen LogP contribution in [0.5, 0.6) is 0 Å². The lowest BCUT2D eigenvalue weighted by atomic mass is 9.90. The number of hydrogen-bond acceptors (Lipinski definition) is 3. The van der Waals surface area contributed by atoms with Crippen molar-refractivity contribution in [2.24, 2.45) is 5.92 Å². The number of carboxylic acid groups (broad SMARTS) is 1. The van der Waals surface area contributed by atoms with Crippen molar-refractivity contribution in [1.29, 1.82) is 0 Å². The summed E-state index contributed by atoms with van der Waals surface area (Å²) in [6, 6.07) is 16.4. The summed E-state index contributed by atoms with van der Waals surface area (Å²) in [4.78, 5) is 26.2. The van der Waals surface area contributed by atoms with E-state index < -0.39 is 11.9 Å². The van der Waals surface area contributed by atoms with Crippen LogP contribution in [-0.2, 0) is 9.53 Å². The molecule has 2 aliphatic heterocycles. The molecular weight excluding hydrogens is 354 g/mol. The number of rotatable bonds is 3. The van der Waals surface area contributed by atoms with E-state index in [1.165, 1.54) is 22.3 Å². The lowest BCUT2D eigenvalue weighted by molar-refractivity contribution is -0.145. The third kappa shape index (κ3) is 2.60. The van der Waals surface area contributed by atoms with E-state index in [9.17, 15) is 14.7 Å². The molecule has 5 rings (SSSR count). The summed E-state index contributed by atoms with van der Waals surface area (Å²) in [5.41, 5.74) is 4.76. The van der Waals surface area contributed by atoms with E-state index >= 15 is 0 Å². The minimum Gasteiger partial charge on any atom is -0.481 e. The van der Waals surface area contributed by atoms with Gasteiger partial charge in [-0.2, -0.15) is 0 Å². The van der Waals surface area contributed by atoms with Gasteiger partial charge < -0.3 is 14.7 Å². The van der Waals surface area contributed by atoms with Crippen molar-refractivity contribution in [3.8, 4) is 11.1 Å². The summed E-state index contributed by atoms with van der Waals surface area (Å²) in [7, 11) is 0. The molecule has 2 aromatic carbocycles. The van der Waals surface area contributed by atoms with E-state index in [1.807, 2.05) is 24.3 Å². The third-order valence-corrected chi connectivity index (χ3v) is 6.69. The molecule has 2 bridgehead atoms. The zero-order chi connectivity index (χ0) is 19.3. The molecule has 144 valence electrons. The first-order chi connectivity index (χ1) is 13.6. The largest absolute Gasteiger partial charge is 0.481 e. The SMILES string of the molecule is O=C(O)[C@H]1CC[C@H]2CC[C@@H]1N2C(=O)OCC1c2ccccc2-c2ccccc21. The minimum absolute atomic E-state index is 0.0223. The van der Waals surface area contributed by atoms with Gasteiger partial charge in [-0.3, -0.25) is 4.79 Å². The highest BCUT2D eigenvalue weighted by atomic mass is 16.6. The fraction of sp³-hybridized carbons (Fsp3) is 0.391. The second kappa shape index (κ2) is 6.66. The Morgan fingerprint density at radius 1 is 0.929 bits per heavy atom. The van der Waals surface area contributed by atoms with Gasteiger partial charge in [-0.25, -0.2) is 4.79 Å². The van der Waals surface area contributed by atoms with Crippen molar-refractivity contribution in [2.45, 2.75) is 43.7 Å². The second-order valence-electron chi connectivity index (χ2n) is 8.03. The first kappa shape index (κ1) is 17.3. The number of ether oxygens (including phenoxy) is 1. The number of carboxylic acids is 1. The number of amides is 1. The molecule has 1 aliphatic carbocycles. The Labute approximate surface area is 163 Å². The number of piperidine rings is 1. The third-order valence-electron chi connectivity index (χ3n) is 6.69. The zero-order valence-electron chi connectivity index (χ0n) is 15.6. The Balaban J connectivity index is 1.36. The molecule has 1 N–H and O–H groups in total. The Hall–Kier alpha value is -2.82.